The van der Waals surface area contributed by atoms with Crippen LogP contribution in [0, 0.1) is 25.2 Å². The summed E-state index contributed by atoms with van der Waals surface area (Å²) in [6.45, 7) is 4.00. The maximum absolute atomic E-state index is 12.4. The summed E-state index contributed by atoms with van der Waals surface area (Å²) in [6.07, 6.45) is 7.62. The molecule has 0 bridgehead atoms. The van der Waals surface area contributed by atoms with E-state index < -0.39 is 18.5 Å². The van der Waals surface area contributed by atoms with Gasteiger partial charge in [-0.15, -0.1) is 0 Å². The lowest BCUT2D eigenvalue weighted by molar-refractivity contribution is -0.144. The van der Waals surface area contributed by atoms with Gasteiger partial charge in [0.25, 0.3) is 5.91 Å². The Hall–Kier alpha value is -3.33. The first-order valence-electron chi connectivity index (χ1n) is 10.8. The van der Waals surface area contributed by atoms with Crippen LogP contribution in [-0.2, 0) is 20.9 Å². The average molecular weight is 420 g/mol. The fourth-order valence-corrected chi connectivity index (χ4v) is 4.20. The SMILES string of the molecule is Cc1cc(/C=C(\C#N)C(=O)OCC(=O)NCc2ccccc2)c(C)n1C1CCCCC1. The number of nitrogens with one attached hydrogen (secondary N) is 1. The van der Waals surface area contributed by atoms with Crippen LogP contribution >= 0.6 is 0 Å². The Morgan fingerprint density at radius 1 is 1.19 bits per heavy atom. The molecule has 0 unspecified atom stereocenters. The molecule has 1 aromatic carbocycles. The molecule has 0 saturated heterocycles. The van der Waals surface area contributed by atoms with Crippen LogP contribution in [0.5, 0.6) is 0 Å². The van der Waals surface area contributed by atoms with Crippen LogP contribution < -0.4 is 5.32 Å². The maximum Gasteiger partial charge on any atom is 0.349 e. The molecule has 2 aromatic rings. The summed E-state index contributed by atoms with van der Waals surface area (Å²) in [7, 11) is 0. The number of carbonyl (C=O) groups excluding carboxylic acids is 2. The summed E-state index contributed by atoms with van der Waals surface area (Å²) >= 11 is 0. The minimum atomic E-state index is -0.792. The molecule has 1 aliphatic carbocycles. The third-order valence-electron chi connectivity index (χ3n) is 5.77. The lowest BCUT2D eigenvalue weighted by Gasteiger charge is -2.26. The van der Waals surface area contributed by atoms with Crippen LogP contribution in [0.1, 0.15) is 60.7 Å². The third kappa shape index (κ3) is 5.85. The van der Waals surface area contributed by atoms with E-state index >= 15 is 0 Å². The highest BCUT2D eigenvalue weighted by Crippen LogP contribution is 2.32. The molecule has 0 aliphatic heterocycles. The van der Waals surface area contributed by atoms with Crippen molar-refractivity contribution in [3.05, 3.63) is 64.5 Å². The molecule has 0 atom stereocenters. The molecule has 3 rings (SSSR count). The molecule has 0 radical (unpaired) electrons. The van der Waals surface area contributed by atoms with Crippen molar-refractivity contribution < 1.29 is 14.3 Å². The second kappa shape index (κ2) is 10.6. The first-order valence-corrected chi connectivity index (χ1v) is 10.8. The smallest absolute Gasteiger partial charge is 0.349 e. The first kappa shape index (κ1) is 22.4. The Kier molecular flexibility index (Phi) is 7.66. The number of hydrogen-bond acceptors (Lipinski definition) is 4. The molecule has 1 N–H and O–H groups in total. The number of hydrogen-bond donors (Lipinski definition) is 1. The zero-order valence-corrected chi connectivity index (χ0v) is 18.2. The standard InChI is InChI=1S/C25H29N3O3/c1-18-13-21(19(2)28(18)23-11-7-4-8-12-23)14-22(15-26)25(30)31-17-24(29)27-16-20-9-5-3-6-10-20/h3,5-6,9-10,13-14,23H,4,7-8,11-12,16-17H2,1-2H3,(H,27,29)/b22-14+. The van der Waals surface area contributed by atoms with Crippen molar-refractivity contribution in [1.82, 2.24) is 9.88 Å². The number of aromatic nitrogens is 1. The number of benzene rings is 1. The van der Waals surface area contributed by atoms with Crippen molar-refractivity contribution in [2.75, 3.05) is 6.61 Å². The van der Waals surface area contributed by atoms with Gasteiger partial charge in [0.1, 0.15) is 11.6 Å². The fraction of sp³-hybridized carbons (Fsp3) is 0.400. The van der Waals surface area contributed by atoms with Gasteiger partial charge in [-0.2, -0.15) is 5.26 Å². The summed E-state index contributed by atoms with van der Waals surface area (Å²) in [5, 5.41) is 12.2. The van der Waals surface area contributed by atoms with Crippen molar-refractivity contribution >= 4 is 18.0 Å². The molecule has 6 heteroatoms. The zero-order valence-electron chi connectivity index (χ0n) is 18.2. The molecule has 1 aromatic heterocycles. The van der Waals surface area contributed by atoms with Crippen LogP contribution in [0.4, 0.5) is 0 Å². The van der Waals surface area contributed by atoms with Crippen molar-refractivity contribution in [3.63, 3.8) is 0 Å². The number of nitrogens with zero attached hydrogens (tertiary/aromatic N) is 2. The molecular formula is C25H29N3O3. The van der Waals surface area contributed by atoms with E-state index in [0.717, 1.165) is 35.4 Å². The molecule has 1 aliphatic rings. The number of ether oxygens (including phenoxy) is 1. The predicted molar refractivity (Wildman–Crippen MR) is 119 cm³/mol. The van der Waals surface area contributed by atoms with Crippen LogP contribution in [0.25, 0.3) is 6.08 Å². The lowest BCUT2D eigenvalue weighted by atomic mass is 9.95. The van der Waals surface area contributed by atoms with Crippen molar-refractivity contribution in [3.8, 4) is 6.07 Å². The van der Waals surface area contributed by atoms with E-state index in [1.54, 1.807) is 6.08 Å². The average Bonchev–Trinajstić information content (AvgIpc) is 3.08. The molecule has 1 saturated carbocycles. The summed E-state index contributed by atoms with van der Waals surface area (Å²) in [5.41, 5.74) is 3.85. The summed E-state index contributed by atoms with van der Waals surface area (Å²) in [6, 6.07) is 13.8. The molecule has 1 heterocycles. The molecule has 31 heavy (non-hydrogen) atoms. The van der Waals surface area contributed by atoms with Crippen LogP contribution in [0.3, 0.4) is 0 Å². The van der Waals surface area contributed by atoms with Gasteiger partial charge in [-0.25, -0.2) is 4.79 Å². The van der Waals surface area contributed by atoms with Gasteiger partial charge >= 0.3 is 5.97 Å². The summed E-state index contributed by atoms with van der Waals surface area (Å²) in [4.78, 5) is 24.3. The molecule has 1 fully saturated rings. The van der Waals surface area contributed by atoms with Gasteiger partial charge in [-0.3, -0.25) is 4.79 Å². The number of rotatable bonds is 7. The summed E-state index contributed by atoms with van der Waals surface area (Å²) < 4.78 is 7.38. The van der Waals surface area contributed by atoms with Gasteiger partial charge in [0.2, 0.25) is 0 Å². The van der Waals surface area contributed by atoms with E-state index in [-0.39, 0.29) is 5.57 Å². The Balaban J connectivity index is 1.61. The number of amides is 1. The third-order valence-corrected chi connectivity index (χ3v) is 5.77. The van der Waals surface area contributed by atoms with Gasteiger partial charge in [0, 0.05) is 24.0 Å². The number of nitriles is 1. The zero-order chi connectivity index (χ0) is 22.2. The number of carbonyl (C=O) groups is 2. The van der Waals surface area contributed by atoms with Gasteiger partial charge in [-0.05, 0) is 50.0 Å². The predicted octanol–water partition coefficient (Wildman–Crippen LogP) is 4.38. The highest BCUT2D eigenvalue weighted by atomic mass is 16.5. The van der Waals surface area contributed by atoms with E-state index in [4.69, 9.17) is 4.74 Å². The van der Waals surface area contributed by atoms with Crippen molar-refractivity contribution in [1.29, 1.82) is 5.26 Å². The second-order valence-electron chi connectivity index (χ2n) is 8.00. The van der Waals surface area contributed by atoms with Crippen LogP contribution in [0.2, 0.25) is 0 Å². The number of esters is 1. The molecule has 1 amide bonds. The number of aryl methyl sites for hydroxylation is 1. The van der Waals surface area contributed by atoms with Crippen molar-refractivity contribution in [2.24, 2.45) is 0 Å². The van der Waals surface area contributed by atoms with E-state index in [1.807, 2.05) is 49.4 Å². The fourth-order valence-electron chi connectivity index (χ4n) is 4.20. The van der Waals surface area contributed by atoms with Gasteiger partial charge in [0.15, 0.2) is 6.61 Å². The minimum Gasteiger partial charge on any atom is -0.451 e. The van der Waals surface area contributed by atoms with E-state index in [0.29, 0.717) is 12.6 Å². The van der Waals surface area contributed by atoms with E-state index in [9.17, 15) is 14.9 Å². The maximum atomic E-state index is 12.4. The Morgan fingerprint density at radius 3 is 2.58 bits per heavy atom. The van der Waals surface area contributed by atoms with E-state index in [2.05, 4.69) is 16.8 Å². The topological polar surface area (TPSA) is 84.1 Å². The second-order valence-corrected chi connectivity index (χ2v) is 8.00. The molecule has 6 nitrogen and oxygen atoms in total. The van der Waals surface area contributed by atoms with Crippen LogP contribution in [0.15, 0.2) is 42.0 Å². The summed E-state index contributed by atoms with van der Waals surface area (Å²) in [5.74, 6) is -1.20. The lowest BCUT2D eigenvalue weighted by Crippen LogP contribution is -2.28. The minimum absolute atomic E-state index is 0.111. The largest absolute Gasteiger partial charge is 0.451 e. The molecule has 0 spiro atoms. The molecular weight excluding hydrogens is 390 g/mol. The normalized spacial score (nSPS) is 14.7. The highest BCUT2D eigenvalue weighted by Gasteiger charge is 2.21. The van der Waals surface area contributed by atoms with Gasteiger partial charge in [-0.1, -0.05) is 49.6 Å². The quantitative estimate of drug-likeness (QED) is 0.410. The van der Waals surface area contributed by atoms with Gasteiger partial charge < -0.3 is 14.6 Å². The Morgan fingerprint density at radius 2 is 1.90 bits per heavy atom. The Labute approximate surface area is 183 Å². The first-order chi connectivity index (χ1) is 15.0. The van der Waals surface area contributed by atoms with E-state index in [1.165, 1.54) is 19.3 Å². The monoisotopic (exact) mass is 419 g/mol. The Bertz CT molecular complexity index is 993. The highest BCUT2D eigenvalue weighted by molar-refractivity contribution is 5.99. The van der Waals surface area contributed by atoms with Crippen LogP contribution in [-0.4, -0.2) is 23.1 Å². The van der Waals surface area contributed by atoms with Crippen molar-refractivity contribution in [2.45, 2.75) is 58.5 Å². The molecule has 162 valence electrons. The van der Waals surface area contributed by atoms with Gasteiger partial charge in [0.05, 0.1) is 0 Å².